The zero-order valence-electron chi connectivity index (χ0n) is 11.0. The maximum atomic E-state index is 13.0. The van der Waals surface area contributed by atoms with E-state index in [2.05, 4.69) is 5.43 Å². The number of aryl methyl sites for hydroxylation is 2. The van der Waals surface area contributed by atoms with Gasteiger partial charge in [0.05, 0.1) is 6.26 Å². The summed E-state index contributed by atoms with van der Waals surface area (Å²) in [5, 5.41) is 0. The maximum Gasteiger partial charge on any atom is 0.123 e. The first-order valence-corrected chi connectivity index (χ1v) is 6.42. The van der Waals surface area contributed by atoms with Gasteiger partial charge in [-0.05, 0) is 55.2 Å². The average molecular weight is 262 g/mol. The van der Waals surface area contributed by atoms with Crippen LogP contribution in [-0.4, -0.2) is 6.04 Å². The van der Waals surface area contributed by atoms with Gasteiger partial charge < -0.3 is 4.42 Å². The molecule has 4 heteroatoms. The van der Waals surface area contributed by atoms with Crippen molar-refractivity contribution in [1.82, 2.24) is 5.43 Å². The minimum atomic E-state index is -0.200. The molecule has 1 atom stereocenters. The van der Waals surface area contributed by atoms with Gasteiger partial charge in [0.2, 0.25) is 0 Å². The molecule has 0 saturated heterocycles. The highest BCUT2D eigenvalue weighted by Crippen LogP contribution is 2.14. The van der Waals surface area contributed by atoms with E-state index in [-0.39, 0.29) is 11.9 Å². The fraction of sp³-hybridized carbons (Fsp3) is 0.333. The second-order valence-electron chi connectivity index (χ2n) is 4.76. The number of hydrogen-bond donors (Lipinski definition) is 2. The second-order valence-corrected chi connectivity index (χ2v) is 4.76. The van der Waals surface area contributed by atoms with Gasteiger partial charge >= 0.3 is 0 Å². The second kappa shape index (κ2) is 6.50. The summed E-state index contributed by atoms with van der Waals surface area (Å²) in [6.45, 7) is 1.92. The van der Waals surface area contributed by atoms with E-state index in [4.69, 9.17) is 10.3 Å². The molecular weight excluding hydrogens is 243 g/mol. The number of benzene rings is 1. The molecule has 1 aromatic carbocycles. The van der Waals surface area contributed by atoms with Crippen LogP contribution in [0.4, 0.5) is 4.39 Å². The predicted molar refractivity (Wildman–Crippen MR) is 73.0 cm³/mol. The van der Waals surface area contributed by atoms with Crippen molar-refractivity contribution in [3.8, 4) is 0 Å². The van der Waals surface area contributed by atoms with Gasteiger partial charge in [0.15, 0.2) is 0 Å². The number of halogens is 1. The van der Waals surface area contributed by atoms with E-state index in [1.54, 1.807) is 12.3 Å². The van der Waals surface area contributed by atoms with Gasteiger partial charge in [-0.15, -0.1) is 0 Å². The summed E-state index contributed by atoms with van der Waals surface area (Å²) in [5.74, 6) is 6.34. The lowest BCUT2D eigenvalue weighted by Gasteiger charge is -2.16. The van der Waals surface area contributed by atoms with Crippen LogP contribution in [0.1, 0.15) is 23.3 Å². The van der Waals surface area contributed by atoms with Crippen LogP contribution in [0, 0.1) is 12.7 Å². The molecule has 3 N–H and O–H groups in total. The van der Waals surface area contributed by atoms with Crippen molar-refractivity contribution >= 4 is 0 Å². The molecule has 0 saturated carbocycles. The SMILES string of the molecule is Cc1cc(F)ccc1CC(CCc1ccco1)NN. The molecule has 0 amide bonds. The van der Waals surface area contributed by atoms with Crippen LogP contribution in [0.5, 0.6) is 0 Å². The van der Waals surface area contributed by atoms with Gasteiger partial charge in [0, 0.05) is 12.5 Å². The molecule has 19 heavy (non-hydrogen) atoms. The molecule has 1 aromatic heterocycles. The van der Waals surface area contributed by atoms with E-state index in [0.29, 0.717) is 0 Å². The van der Waals surface area contributed by atoms with E-state index in [1.165, 1.54) is 6.07 Å². The largest absolute Gasteiger partial charge is 0.469 e. The van der Waals surface area contributed by atoms with Crippen LogP contribution in [0.25, 0.3) is 0 Å². The quantitative estimate of drug-likeness (QED) is 0.621. The average Bonchev–Trinajstić information content (AvgIpc) is 2.90. The number of nitrogens with two attached hydrogens (primary N) is 1. The first kappa shape index (κ1) is 13.8. The highest BCUT2D eigenvalue weighted by Gasteiger charge is 2.11. The first-order valence-electron chi connectivity index (χ1n) is 6.42. The molecule has 2 rings (SSSR count). The van der Waals surface area contributed by atoms with Gasteiger partial charge in [-0.25, -0.2) is 4.39 Å². The highest BCUT2D eigenvalue weighted by atomic mass is 19.1. The molecule has 0 radical (unpaired) electrons. The Bertz CT molecular complexity index is 511. The zero-order chi connectivity index (χ0) is 13.7. The smallest absolute Gasteiger partial charge is 0.123 e. The Morgan fingerprint density at radius 1 is 1.37 bits per heavy atom. The van der Waals surface area contributed by atoms with Gasteiger partial charge in [0.25, 0.3) is 0 Å². The molecule has 0 aliphatic carbocycles. The van der Waals surface area contributed by atoms with E-state index < -0.39 is 0 Å². The highest BCUT2D eigenvalue weighted by molar-refractivity contribution is 5.27. The van der Waals surface area contributed by atoms with Crippen LogP contribution in [0.2, 0.25) is 0 Å². The summed E-state index contributed by atoms with van der Waals surface area (Å²) in [4.78, 5) is 0. The zero-order valence-corrected chi connectivity index (χ0v) is 11.0. The number of hydrazine groups is 1. The number of nitrogens with one attached hydrogen (secondary N) is 1. The summed E-state index contributed by atoms with van der Waals surface area (Å²) in [6, 6.07) is 8.84. The van der Waals surface area contributed by atoms with Crippen LogP contribution in [0.3, 0.4) is 0 Å². The van der Waals surface area contributed by atoms with E-state index in [1.807, 2.05) is 25.1 Å². The van der Waals surface area contributed by atoms with Crippen molar-refractivity contribution in [3.63, 3.8) is 0 Å². The van der Waals surface area contributed by atoms with Crippen molar-refractivity contribution in [1.29, 1.82) is 0 Å². The Labute approximate surface area is 112 Å². The Kier molecular flexibility index (Phi) is 4.71. The molecule has 102 valence electrons. The summed E-state index contributed by atoms with van der Waals surface area (Å²) >= 11 is 0. The van der Waals surface area contributed by atoms with Crippen molar-refractivity contribution in [2.75, 3.05) is 0 Å². The minimum Gasteiger partial charge on any atom is -0.469 e. The lowest BCUT2D eigenvalue weighted by molar-refractivity contribution is 0.447. The van der Waals surface area contributed by atoms with Crippen molar-refractivity contribution < 1.29 is 8.81 Å². The normalized spacial score (nSPS) is 12.6. The van der Waals surface area contributed by atoms with Crippen molar-refractivity contribution in [2.45, 2.75) is 32.2 Å². The molecule has 0 aliphatic rings. The summed E-state index contributed by atoms with van der Waals surface area (Å²) in [5.41, 5.74) is 4.89. The molecule has 0 aliphatic heterocycles. The van der Waals surface area contributed by atoms with Crippen molar-refractivity contribution in [3.05, 3.63) is 59.3 Å². The summed E-state index contributed by atoms with van der Waals surface area (Å²) in [6.07, 6.45) is 4.16. The van der Waals surface area contributed by atoms with Gasteiger partial charge in [-0.2, -0.15) is 0 Å². The number of rotatable bonds is 6. The monoisotopic (exact) mass is 262 g/mol. The molecule has 2 aromatic rings. The third-order valence-electron chi connectivity index (χ3n) is 3.33. The topological polar surface area (TPSA) is 51.2 Å². The molecule has 0 bridgehead atoms. The fourth-order valence-corrected chi connectivity index (χ4v) is 2.17. The van der Waals surface area contributed by atoms with Crippen LogP contribution in [-0.2, 0) is 12.8 Å². The Morgan fingerprint density at radius 3 is 2.84 bits per heavy atom. The molecule has 1 heterocycles. The van der Waals surface area contributed by atoms with E-state index in [0.717, 1.165) is 36.1 Å². The van der Waals surface area contributed by atoms with Crippen LogP contribution in [0.15, 0.2) is 41.0 Å². The van der Waals surface area contributed by atoms with Gasteiger partial charge in [-0.3, -0.25) is 11.3 Å². The molecule has 1 unspecified atom stereocenters. The molecule has 3 nitrogen and oxygen atoms in total. The third-order valence-corrected chi connectivity index (χ3v) is 3.33. The Balaban J connectivity index is 1.94. The van der Waals surface area contributed by atoms with E-state index >= 15 is 0 Å². The van der Waals surface area contributed by atoms with Crippen LogP contribution >= 0.6 is 0 Å². The Morgan fingerprint density at radius 2 is 2.21 bits per heavy atom. The third kappa shape index (κ3) is 3.91. The minimum absolute atomic E-state index is 0.147. The maximum absolute atomic E-state index is 13.0. The lowest BCUT2D eigenvalue weighted by Crippen LogP contribution is -2.37. The molecule has 0 spiro atoms. The summed E-state index contributed by atoms with van der Waals surface area (Å²) < 4.78 is 18.3. The summed E-state index contributed by atoms with van der Waals surface area (Å²) in [7, 11) is 0. The molecular formula is C15H19FN2O. The number of furan rings is 1. The standard InChI is InChI=1S/C15H19FN2O/c1-11-9-13(16)5-4-12(11)10-14(18-17)6-7-15-3-2-8-19-15/h2-5,8-9,14,18H,6-7,10,17H2,1H3. The number of hydrogen-bond acceptors (Lipinski definition) is 3. The van der Waals surface area contributed by atoms with E-state index in [9.17, 15) is 4.39 Å². The lowest BCUT2D eigenvalue weighted by atomic mass is 9.98. The Hall–Kier alpha value is -1.65. The van der Waals surface area contributed by atoms with Gasteiger partial charge in [-0.1, -0.05) is 6.07 Å². The predicted octanol–water partition coefficient (Wildman–Crippen LogP) is 2.73. The first-order chi connectivity index (χ1) is 9.19. The van der Waals surface area contributed by atoms with Crippen molar-refractivity contribution in [2.24, 2.45) is 5.84 Å². The van der Waals surface area contributed by atoms with Crippen LogP contribution < -0.4 is 11.3 Å². The molecule has 0 fully saturated rings. The fourth-order valence-electron chi connectivity index (χ4n) is 2.17. The van der Waals surface area contributed by atoms with Gasteiger partial charge in [0.1, 0.15) is 11.6 Å².